The van der Waals surface area contributed by atoms with Crippen LogP contribution in [0.3, 0.4) is 0 Å². The molecule has 2 heterocycles. The van der Waals surface area contributed by atoms with Gasteiger partial charge in [-0.1, -0.05) is 65.8 Å². The molecule has 0 amide bonds. The lowest BCUT2D eigenvalue weighted by molar-refractivity contribution is 0.201. The molecule has 0 aliphatic rings. The number of nitriles is 2. The Balaban J connectivity index is 1.88. The van der Waals surface area contributed by atoms with Crippen LogP contribution in [-0.2, 0) is 5.75 Å². The monoisotopic (exact) mass is 554 g/mol. The van der Waals surface area contributed by atoms with Crippen molar-refractivity contribution in [2.24, 2.45) is 0 Å². The molecule has 0 atom stereocenters. The second-order valence-electron chi connectivity index (χ2n) is 7.12. The van der Waals surface area contributed by atoms with Gasteiger partial charge in [0.15, 0.2) is 0 Å². The first-order chi connectivity index (χ1) is 17.4. The first-order valence-corrected chi connectivity index (χ1v) is 13.2. The molecule has 0 aliphatic carbocycles. The Hall–Kier alpha value is -3.11. The summed E-state index contributed by atoms with van der Waals surface area (Å²) in [5, 5.41) is 32.4. The summed E-state index contributed by atoms with van der Waals surface area (Å²) in [4.78, 5) is 8.94. The Bertz CT molecular complexity index is 1400. The highest BCUT2D eigenvalue weighted by Gasteiger charge is 2.21. The minimum atomic E-state index is -0.102. The van der Waals surface area contributed by atoms with Crippen LogP contribution >= 0.6 is 46.3 Å². The standard InChI is InChI=1S/C26H20Cl2N4O2S2/c1-3-18(27)7-4-16(2)25-31-19(14-35-25)15-36-26-22(13-30)23(21(12-29)24(28)32-26)17-5-8-20(9-6-17)34-11-10-33/h3-9,14,33H,2,10-11,15H2,1H3/b7-4-,18-3+. The van der Waals surface area contributed by atoms with Gasteiger partial charge >= 0.3 is 0 Å². The maximum absolute atomic E-state index is 9.98. The van der Waals surface area contributed by atoms with Crippen LogP contribution in [0.25, 0.3) is 16.7 Å². The van der Waals surface area contributed by atoms with Gasteiger partial charge in [-0.2, -0.15) is 10.5 Å². The number of ether oxygens (including phenoxy) is 1. The molecule has 1 N–H and O–H groups in total. The number of aliphatic hydroxyl groups excluding tert-OH is 1. The molecule has 0 bridgehead atoms. The van der Waals surface area contributed by atoms with Crippen LogP contribution in [0.5, 0.6) is 5.75 Å². The van der Waals surface area contributed by atoms with Crippen molar-refractivity contribution in [3.05, 3.63) is 86.5 Å². The molecule has 3 rings (SSSR count). The zero-order valence-corrected chi connectivity index (χ0v) is 22.3. The highest BCUT2D eigenvalue weighted by molar-refractivity contribution is 7.98. The molecule has 0 unspecified atom stereocenters. The fourth-order valence-electron chi connectivity index (χ4n) is 3.03. The van der Waals surface area contributed by atoms with Crippen molar-refractivity contribution in [3.63, 3.8) is 0 Å². The molecule has 0 spiro atoms. The molecule has 0 saturated carbocycles. The SMILES string of the molecule is C=C(/C=C\C(Cl)=C/C)c1nc(CSc2nc(Cl)c(C#N)c(-c3ccc(OCCO)cc3)c2C#N)cs1. The van der Waals surface area contributed by atoms with Crippen molar-refractivity contribution in [1.82, 2.24) is 9.97 Å². The minimum absolute atomic E-state index is 0.0212. The van der Waals surface area contributed by atoms with Crippen molar-refractivity contribution in [1.29, 1.82) is 10.5 Å². The smallest absolute Gasteiger partial charge is 0.148 e. The molecular weight excluding hydrogens is 535 g/mol. The van der Waals surface area contributed by atoms with Gasteiger partial charge in [0, 0.05) is 27.3 Å². The van der Waals surface area contributed by atoms with E-state index in [0.29, 0.717) is 32.7 Å². The van der Waals surface area contributed by atoms with Crippen LogP contribution in [0.1, 0.15) is 28.8 Å². The van der Waals surface area contributed by atoms with Gasteiger partial charge < -0.3 is 9.84 Å². The number of halogens is 2. The van der Waals surface area contributed by atoms with E-state index in [1.54, 1.807) is 42.5 Å². The highest BCUT2D eigenvalue weighted by atomic mass is 35.5. The second kappa shape index (κ2) is 13.3. The third kappa shape index (κ3) is 6.76. The van der Waals surface area contributed by atoms with Gasteiger partial charge in [-0.15, -0.1) is 11.3 Å². The van der Waals surface area contributed by atoms with E-state index in [1.807, 2.05) is 12.3 Å². The highest BCUT2D eigenvalue weighted by Crippen LogP contribution is 2.38. The zero-order chi connectivity index (χ0) is 26.1. The second-order valence-corrected chi connectivity index (χ2v) is 9.73. The van der Waals surface area contributed by atoms with E-state index < -0.39 is 0 Å². The number of aliphatic hydroxyl groups is 1. The summed E-state index contributed by atoms with van der Waals surface area (Å²) < 4.78 is 5.40. The Morgan fingerprint density at radius 1 is 1.19 bits per heavy atom. The molecule has 0 saturated heterocycles. The molecule has 10 heteroatoms. The molecule has 3 aromatic rings. The van der Waals surface area contributed by atoms with Crippen molar-refractivity contribution >= 4 is 51.9 Å². The van der Waals surface area contributed by atoms with Crippen LogP contribution in [0, 0.1) is 22.7 Å². The number of thioether (sulfide) groups is 1. The number of benzene rings is 1. The van der Waals surface area contributed by atoms with Gasteiger partial charge in [-0.05, 0) is 30.7 Å². The number of nitrogens with zero attached hydrogens (tertiary/aromatic N) is 4. The summed E-state index contributed by atoms with van der Waals surface area (Å²) in [6.07, 6.45) is 5.35. The Kier molecular flexibility index (Phi) is 10.1. The molecule has 2 aromatic heterocycles. The Morgan fingerprint density at radius 2 is 1.92 bits per heavy atom. The topological polar surface area (TPSA) is 103 Å². The number of allylic oxidation sites excluding steroid dienone is 5. The first-order valence-electron chi connectivity index (χ1n) is 10.6. The van der Waals surface area contributed by atoms with Crippen LogP contribution in [0.2, 0.25) is 5.15 Å². The van der Waals surface area contributed by atoms with Gasteiger partial charge in [0.25, 0.3) is 0 Å². The quantitative estimate of drug-likeness (QED) is 0.164. The summed E-state index contributed by atoms with van der Waals surface area (Å²) in [7, 11) is 0. The predicted molar refractivity (Wildman–Crippen MR) is 146 cm³/mol. The largest absolute Gasteiger partial charge is 0.491 e. The van der Waals surface area contributed by atoms with Crippen molar-refractivity contribution in [2.45, 2.75) is 17.7 Å². The summed E-state index contributed by atoms with van der Waals surface area (Å²) in [5.74, 6) is 1.00. The Labute approximate surface area is 227 Å². The zero-order valence-electron chi connectivity index (χ0n) is 19.2. The van der Waals surface area contributed by atoms with Crippen LogP contribution < -0.4 is 4.74 Å². The first kappa shape index (κ1) is 27.5. The number of aromatic nitrogens is 2. The lowest BCUT2D eigenvalue weighted by Gasteiger charge is -2.13. The maximum atomic E-state index is 9.98. The van der Waals surface area contributed by atoms with Crippen LogP contribution in [0.15, 0.2) is 64.5 Å². The van der Waals surface area contributed by atoms with E-state index in [1.165, 1.54) is 23.1 Å². The Morgan fingerprint density at radius 3 is 2.56 bits per heavy atom. The van der Waals surface area contributed by atoms with E-state index in [9.17, 15) is 10.5 Å². The molecule has 182 valence electrons. The van der Waals surface area contributed by atoms with E-state index >= 15 is 0 Å². The van der Waals surface area contributed by atoms with E-state index in [-0.39, 0.29) is 29.5 Å². The van der Waals surface area contributed by atoms with E-state index in [4.69, 9.17) is 33.0 Å². The fraction of sp³-hybridized carbons (Fsp3) is 0.154. The van der Waals surface area contributed by atoms with Crippen LogP contribution in [0.4, 0.5) is 0 Å². The maximum Gasteiger partial charge on any atom is 0.148 e. The van der Waals surface area contributed by atoms with Crippen molar-refractivity contribution in [3.8, 4) is 29.0 Å². The molecule has 6 nitrogen and oxygen atoms in total. The lowest BCUT2D eigenvalue weighted by Crippen LogP contribution is -2.02. The fourth-order valence-corrected chi connectivity index (χ4v) is 5.12. The van der Waals surface area contributed by atoms with Gasteiger partial charge in [0.05, 0.1) is 23.4 Å². The van der Waals surface area contributed by atoms with Gasteiger partial charge in [0.1, 0.15) is 39.7 Å². The predicted octanol–water partition coefficient (Wildman–Crippen LogP) is 6.98. The van der Waals surface area contributed by atoms with Crippen molar-refractivity contribution < 1.29 is 9.84 Å². The molecule has 36 heavy (non-hydrogen) atoms. The number of pyridine rings is 1. The molecular formula is C26H20Cl2N4O2S2. The molecule has 0 aliphatic heterocycles. The summed E-state index contributed by atoms with van der Waals surface area (Å²) in [5.41, 5.74) is 2.96. The molecule has 0 fully saturated rings. The normalized spacial score (nSPS) is 11.3. The van der Waals surface area contributed by atoms with E-state index in [0.717, 1.165) is 16.3 Å². The van der Waals surface area contributed by atoms with Crippen LogP contribution in [-0.4, -0.2) is 28.3 Å². The summed E-state index contributed by atoms with van der Waals surface area (Å²) in [6.45, 7) is 5.95. The van der Waals surface area contributed by atoms with Crippen molar-refractivity contribution in [2.75, 3.05) is 13.2 Å². The summed E-state index contributed by atoms with van der Waals surface area (Å²) >= 11 is 15.1. The van der Waals surface area contributed by atoms with Gasteiger partial charge in [-0.25, -0.2) is 9.97 Å². The average Bonchev–Trinajstić information content (AvgIpc) is 3.38. The van der Waals surface area contributed by atoms with Gasteiger partial charge in [0.2, 0.25) is 0 Å². The molecule has 1 aromatic carbocycles. The number of hydrogen-bond donors (Lipinski definition) is 1. The lowest BCUT2D eigenvalue weighted by atomic mass is 9.97. The number of thiazole rings is 1. The third-order valence-electron chi connectivity index (χ3n) is 4.75. The van der Waals surface area contributed by atoms with Gasteiger partial charge in [-0.3, -0.25) is 0 Å². The number of hydrogen-bond acceptors (Lipinski definition) is 8. The minimum Gasteiger partial charge on any atom is -0.491 e. The van der Waals surface area contributed by atoms with E-state index in [2.05, 4.69) is 28.7 Å². The third-order valence-corrected chi connectivity index (χ3v) is 7.34. The average molecular weight is 556 g/mol. The summed E-state index contributed by atoms with van der Waals surface area (Å²) in [6, 6.07) is 11.1. The molecule has 0 radical (unpaired) electrons. The number of rotatable bonds is 10.